The molecule has 2 aliphatic rings. The molecular weight excluding hydrogens is 344 g/mol. The summed E-state index contributed by atoms with van der Waals surface area (Å²) in [6.07, 6.45) is 1.17. The standard InChI is InChI=1S/C21H22N2O4/c1-2-14-3-6-17(7-4-14)23-13-15(11-20(23)24)21(25)22-16-5-8-18-19(12-16)27-10-9-26-18/h3-8,12,15H,2,9-11,13H2,1H3,(H,22,25)/t15-/m1/s1. The van der Waals surface area contributed by atoms with Crippen LogP contribution in [0.15, 0.2) is 42.5 Å². The van der Waals surface area contributed by atoms with Gasteiger partial charge in [0.15, 0.2) is 11.5 Å². The molecule has 0 radical (unpaired) electrons. The first kappa shape index (κ1) is 17.4. The van der Waals surface area contributed by atoms with Crippen molar-refractivity contribution in [2.45, 2.75) is 19.8 Å². The van der Waals surface area contributed by atoms with E-state index in [-0.39, 0.29) is 24.2 Å². The van der Waals surface area contributed by atoms with Gasteiger partial charge in [-0.05, 0) is 36.2 Å². The molecule has 2 aromatic carbocycles. The number of carbonyl (C=O) groups is 2. The van der Waals surface area contributed by atoms with E-state index in [1.54, 1.807) is 23.1 Å². The zero-order valence-electron chi connectivity index (χ0n) is 15.2. The smallest absolute Gasteiger partial charge is 0.229 e. The molecule has 140 valence electrons. The van der Waals surface area contributed by atoms with E-state index >= 15 is 0 Å². The lowest BCUT2D eigenvalue weighted by atomic mass is 10.1. The first-order chi connectivity index (χ1) is 13.1. The van der Waals surface area contributed by atoms with E-state index in [2.05, 4.69) is 12.2 Å². The van der Waals surface area contributed by atoms with E-state index in [1.165, 1.54) is 5.56 Å². The minimum Gasteiger partial charge on any atom is -0.486 e. The Morgan fingerprint density at radius 2 is 1.85 bits per heavy atom. The highest BCUT2D eigenvalue weighted by Gasteiger charge is 2.35. The Morgan fingerprint density at radius 3 is 2.59 bits per heavy atom. The van der Waals surface area contributed by atoms with Crippen LogP contribution in [-0.2, 0) is 16.0 Å². The maximum atomic E-state index is 12.6. The zero-order valence-corrected chi connectivity index (χ0v) is 15.2. The van der Waals surface area contributed by atoms with Gasteiger partial charge in [-0.25, -0.2) is 0 Å². The number of amides is 2. The second kappa shape index (κ2) is 7.31. The third kappa shape index (κ3) is 3.60. The largest absolute Gasteiger partial charge is 0.486 e. The van der Waals surface area contributed by atoms with Gasteiger partial charge in [-0.3, -0.25) is 9.59 Å². The van der Waals surface area contributed by atoms with Crippen molar-refractivity contribution in [3.63, 3.8) is 0 Å². The minimum absolute atomic E-state index is 0.0263. The van der Waals surface area contributed by atoms with E-state index in [0.717, 1.165) is 12.1 Å². The quantitative estimate of drug-likeness (QED) is 0.903. The number of nitrogens with zero attached hydrogens (tertiary/aromatic N) is 1. The monoisotopic (exact) mass is 366 g/mol. The number of carbonyl (C=O) groups excluding carboxylic acids is 2. The predicted molar refractivity (Wildman–Crippen MR) is 102 cm³/mol. The molecule has 0 aromatic heterocycles. The molecule has 1 atom stereocenters. The Labute approximate surface area is 158 Å². The highest BCUT2D eigenvalue weighted by Crippen LogP contribution is 2.33. The van der Waals surface area contributed by atoms with Crippen molar-refractivity contribution >= 4 is 23.2 Å². The zero-order chi connectivity index (χ0) is 18.8. The molecule has 1 fully saturated rings. The molecule has 27 heavy (non-hydrogen) atoms. The van der Waals surface area contributed by atoms with Crippen LogP contribution in [0.2, 0.25) is 0 Å². The molecule has 1 saturated heterocycles. The van der Waals surface area contributed by atoms with Crippen LogP contribution < -0.4 is 19.7 Å². The summed E-state index contributed by atoms with van der Waals surface area (Å²) in [7, 11) is 0. The molecule has 2 aliphatic heterocycles. The summed E-state index contributed by atoms with van der Waals surface area (Å²) >= 11 is 0. The first-order valence-corrected chi connectivity index (χ1v) is 9.24. The fraction of sp³-hybridized carbons (Fsp3) is 0.333. The summed E-state index contributed by atoms with van der Waals surface area (Å²) in [4.78, 5) is 26.7. The van der Waals surface area contributed by atoms with Crippen LogP contribution in [0.25, 0.3) is 0 Å². The van der Waals surface area contributed by atoms with Crippen molar-refractivity contribution in [2.24, 2.45) is 5.92 Å². The molecule has 0 saturated carbocycles. The second-order valence-electron chi connectivity index (χ2n) is 6.77. The van der Waals surface area contributed by atoms with E-state index in [9.17, 15) is 9.59 Å². The molecule has 2 amide bonds. The molecule has 0 bridgehead atoms. The van der Waals surface area contributed by atoms with E-state index in [4.69, 9.17) is 9.47 Å². The van der Waals surface area contributed by atoms with Crippen molar-refractivity contribution in [1.82, 2.24) is 0 Å². The van der Waals surface area contributed by atoms with Gasteiger partial charge in [0, 0.05) is 30.4 Å². The lowest BCUT2D eigenvalue weighted by Gasteiger charge is -2.19. The number of ether oxygens (including phenoxy) is 2. The van der Waals surface area contributed by atoms with Gasteiger partial charge in [0.05, 0.1) is 5.92 Å². The summed E-state index contributed by atoms with van der Waals surface area (Å²) in [6.45, 7) is 3.50. The van der Waals surface area contributed by atoms with Crippen molar-refractivity contribution in [2.75, 3.05) is 30.0 Å². The molecule has 4 rings (SSSR count). The average molecular weight is 366 g/mol. The summed E-state index contributed by atoms with van der Waals surface area (Å²) in [5, 5.41) is 2.89. The maximum Gasteiger partial charge on any atom is 0.229 e. The molecule has 6 heteroatoms. The van der Waals surface area contributed by atoms with Crippen LogP contribution in [-0.4, -0.2) is 31.6 Å². The topological polar surface area (TPSA) is 67.9 Å². The van der Waals surface area contributed by atoms with Crippen molar-refractivity contribution in [3.8, 4) is 11.5 Å². The summed E-state index contributed by atoms with van der Waals surface area (Å²) in [6, 6.07) is 13.2. The highest BCUT2D eigenvalue weighted by atomic mass is 16.6. The predicted octanol–water partition coefficient (Wildman–Crippen LogP) is 3.01. The Kier molecular flexibility index (Phi) is 4.71. The van der Waals surface area contributed by atoms with E-state index in [0.29, 0.717) is 36.9 Å². The lowest BCUT2D eigenvalue weighted by molar-refractivity contribution is -0.122. The van der Waals surface area contributed by atoms with Gasteiger partial charge in [0.2, 0.25) is 11.8 Å². The van der Waals surface area contributed by atoms with Gasteiger partial charge in [0.1, 0.15) is 13.2 Å². The Bertz CT molecular complexity index is 863. The van der Waals surface area contributed by atoms with Crippen molar-refractivity contribution < 1.29 is 19.1 Å². The molecule has 0 unspecified atom stereocenters. The SMILES string of the molecule is CCc1ccc(N2C[C@H](C(=O)Nc3ccc4c(c3)OCCO4)CC2=O)cc1. The normalized spacial score (nSPS) is 18.5. The van der Waals surface area contributed by atoms with Gasteiger partial charge in [-0.15, -0.1) is 0 Å². The molecule has 0 spiro atoms. The van der Waals surface area contributed by atoms with Gasteiger partial charge in [0.25, 0.3) is 0 Å². The van der Waals surface area contributed by atoms with Crippen molar-refractivity contribution in [1.29, 1.82) is 0 Å². The first-order valence-electron chi connectivity index (χ1n) is 9.24. The molecule has 6 nitrogen and oxygen atoms in total. The van der Waals surface area contributed by atoms with Crippen LogP contribution in [0.3, 0.4) is 0 Å². The van der Waals surface area contributed by atoms with Crippen LogP contribution in [0.1, 0.15) is 18.9 Å². The number of hydrogen-bond donors (Lipinski definition) is 1. The maximum absolute atomic E-state index is 12.6. The van der Waals surface area contributed by atoms with Gasteiger partial charge < -0.3 is 19.7 Å². The minimum atomic E-state index is -0.378. The number of benzene rings is 2. The highest BCUT2D eigenvalue weighted by molar-refractivity contribution is 6.03. The van der Waals surface area contributed by atoms with Crippen LogP contribution in [0.5, 0.6) is 11.5 Å². The fourth-order valence-electron chi connectivity index (χ4n) is 3.41. The number of nitrogens with one attached hydrogen (secondary N) is 1. The van der Waals surface area contributed by atoms with Gasteiger partial charge >= 0.3 is 0 Å². The van der Waals surface area contributed by atoms with Crippen LogP contribution in [0.4, 0.5) is 11.4 Å². The Morgan fingerprint density at radius 1 is 1.11 bits per heavy atom. The second-order valence-corrected chi connectivity index (χ2v) is 6.77. The lowest BCUT2D eigenvalue weighted by Crippen LogP contribution is -2.28. The third-order valence-corrected chi connectivity index (χ3v) is 4.96. The molecule has 2 aromatic rings. The van der Waals surface area contributed by atoms with Gasteiger partial charge in [-0.1, -0.05) is 19.1 Å². The average Bonchev–Trinajstić information content (AvgIpc) is 3.10. The number of anilines is 2. The molecule has 2 heterocycles. The van der Waals surface area contributed by atoms with E-state index < -0.39 is 0 Å². The van der Waals surface area contributed by atoms with E-state index in [1.807, 2.05) is 24.3 Å². The van der Waals surface area contributed by atoms with Crippen LogP contribution >= 0.6 is 0 Å². The number of aryl methyl sites for hydroxylation is 1. The number of hydrogen-bond acceptors (Lipinski definition) is 4. The summed E-state index contributed by atoms with van der Waals surface area (Å²) in [5.74, 6) is 0.738. The van der Waals surface area contributed by atoms with Crippen LogP contribution in [0, 0.1) is 5.92 Å². The Hall–Kier alpha value is -3.02. The fourth-order valence-corrected chi connectivity index (χ4v) is 3.41. The van der Waals surface area contributed by atoms with Crippen molar-refractivity contribution in [3.05, 3.63) is 48.0 Å². The number of fused-ring (bicyclic) bond motifs is 1. The third-order valence-electron chi connectivity index (χ3n) is 4.96. The summed E-state index contributed by atoms with van der Waals surface area (Å²) < 4.78 is 11.0. The summed E-state index contributed by atoms with van der Waals surface area (Å²) in [5.41, 5.74) is 2.70. The number of rotatable bonds is 4. The molecule has 0 aliphatic carbocycles. The molecular formula is C21H22N2O4. The molecule has 1 N–H and O–H groups in total. The van der Waals surface area contributed by atoms with Gasteiger partial charge in [-0.2, -0.15) is 0 Å². The Balaban J connectivity index is 1.43.